The minimum absolute atomic E-state index is 0.156. The van der Waals surface area contributed by atoms with Crippen molar-refractivity contribution in [1.29, 1.82) is 0 Å². The summed E-state index contributed by atoms with van der Waals surface area (Å²) in [4.78, 5) is 29.8. The number of benzene rings is 1. The normalized spacial score (nSPS) is 12.4. The van der Waals surface area contributed by atoms with Gasteiger partial charge in [-0.05, 0) is 38.8 Å². The predicted octanol–water partition coefficient (Wildman–Crippen LogP) is 5.16. The molecule has 0 unspecified atom stereocenters. The molecule has 2 heterocycles. The standard InChI is InChI=1S/C25H31ClN4O5/c1-14(2)22(29-24(32)35-25(3,4)5)23(31)27-15-8-9-30-13-18(28-21(30)10-15)16-11-17(26)20(34-7)12-19(16)33-6/h8-14,22H,1-7H3,(H,27,31)(H,29,32)/t22-/m0/s1. The van der Waals surface area contributed by atoms with Crippen LogP contribution in [0.15, 0.2) is 36.7 Å². The van der Waals surface area contributed by atoms with Crippen LogP contribution >= 0.6 is 11.6 Å². The molecule has 2 amide bonds. The SMILES string of the molecule is COc1cc(OC)c(-c2cn3ccc(NC(=O)[C@@H](NC(=O)OC(C)(C)C)C(C)C)cc3n2)cc1Cl. The fraction of sp³-hybridized carbons (Fsp3) is 0.400. The number of alkyl carbamates (subject to hydrolysis) is 1. The summed E-state index contributed by atoms with van der Waals surface area (Å²) in [6.07, 6.45) is 2.97. The highest BCUT2D eigenvalue weighted by molar-refractivity contribution is 6.32. The lowest BCUT2D eigenvalue weighted by Gasteiger charge is -2.25. The van der Waals surface area contributed by atoms with Crippen LogP contribution in [0, 0.1) is 5.92 Å². The highest BCUT2D eigenvalue weighted by Gasteiger charge is 2.27. The molecular formula is C25H31ClN4O5. The molecule has 1 aromatic carbocycles. The maximum absolute atomic E-state index is 12.9. The van der Waals surface area contributed by atoms with E-state index in [1.54, 1.807) is 58.3 Å². The van der Waals surface area contributed by atoms with Gasteiger partial charge in [-0.25, -0.2) is 9.78 Å². The van der Waals surface area contributed by atoms with Crippen molar-refractivity contribution in [2.75, 3.05) is 19.5 Å². The second kappa shape index (κ2) is 10.4. The number of nitrogens with one attached hydrogen (secondary N) is 2. The van der Waals surface area contributed by atoms with Gasteiger partial charge in [-0.3, -0.25) is 4.79 Å². The number of halogens is 1. The Balaban J connectivity index is 1.83. The maximum atomic E-state index is 12.9. The van der Waals surface area contributed by atoms with Crippen molar-refractivity contribution in [2.45, 2.75) is 46.3 Å². The Morgan fingerprint density at radius 2 is 1.77 bits per heavy atom. The van der Waals surface area contributed by atoms with Crippen LogP contribution in [0.3, 0.4) is 0 Å². The average Bonchev–Trinajstić information content (AvgIpc) is 3.19. The molecule has 0 saturated carbocycles. The van der Waals surface area contributed by atoms with E-state index in [0.717, 1.165) is 0 Å². The zero-order chi connectivity index (χ0) is 25.9. The van der Waals surface area contributed by atoms with Gasteiger partial charge in [0.2, 0.25) is 5.91 Å². The van der Waals surface area contributed by atoms with Crippen LogP contribution < -0.4 is 20.1 Å². The van der Waals surface area contributed by atoms with Crippen LogP contribution in [0.4, 0.5) is 10.5 Å². The number of amides is 2. The Morgan fingerprint density at radius 3 is 2.37 bits per heavy atom. The number of methoxy groups -OCH3 is 2. The second-order valence-electron chi connectivity index (χ2n) is 9.35. The average molecular weight is 503 g/mol. The van der Waals surface area contributed by atoms with Crippen molar-refractivity contribution in [2.24, 2.45) is 5.92 Å². The van der Waals surface area contributed by atoms with Gasteiger partial charge in [0.1, 0.15) is 28.8 Å². The van der Waals surface area contributed by atoms with Gasteiger partial charge in [0.15, 0.2) is 0 Å². The van der Waals surface area contributed by atoms with Crippen LogP contribution in [-0.4, -0.2) is 47.2 Å². The largest absolute Gasteiger partial charge is 0.496 e. The van der Waals surface area contributed by atoms with Crippen LogP contribution in [-0.2, 0) is 9.53 Å². The summed E-state index contributed by atoms with van der Waals surface area (Å²) in [5, 5.41) is 5.94. The number of rotatable bonds is 7. The molecule has 0 radical (unpaired) electrons. The van der Waals surface area contributed by atoms with E-state index in [0.29, 0.717) is 39.1 Å². The quantitative estimate of drug-likeness (QED) is 0.462. The number of hydrogen-bond acceptors (Lipinski definition) is 6. The van der Waals surface area contributed by atoms with Gasteiger partial charge in [0, 0.05) is 35.8 Å². The topological polar surface area (TPSA) is 103 Å². The Morgan fingerprint density at radius 1 is 1.09 bits per heavy atom. The molecular weight excluding hydrogens is 472 g/mol. The van der Waals surface area contributed by atoms with E-state index in [1.165, 1.54) is 7.11 Å². The molecule has 0 aliphatic carbocycles. The van der Waals surface area contributed by atoms with Crippen molar-refractivity contribution >= 4 is 34.9 Å². The highest BCUT2D eigenvalue weighted by Crippen LogP contribution is 2.38. The van der Waals surface area contributed by atoms with Crippen molar-refractivity contribution < 1.29 is 23.8 Å². The maximum Gasteiger partial charge on any atom is 0.408 e. The number of pyridine rings is 1. The lowest BCUT2D eigenvalue weighted by Crippen LogP contribution is -2.48. The number of ether oxygens (including phenoxy) is 3. The van der Waals surface area contributed by atoms with Crippen LogP contribution in [0.5, 0.6) is 11.5 Å². The van der Waals surface area contributed by atoms with Gasteiger partial charge in [0.05, 0.1) is 24.9 Å². The third-order valence-corrected chi connectivity index (χ3v) is 5.39. The van der Waals surface area contributed by atoms with Crippen molar-refractivity contribution in [1.82, 2.24) is 14.7 Å². The molecule has 3 rings (SSSR count). The summed E-state index contributed by atoms with van der Waals surface area (Å²) in [6, 6.07) is 6.15. The predicted molar refractivity (Wildman–Crippen MR) is 135 cm³/mol. The number of imidazole rings is 1. The van der Waals surface area contributed by atoms with Gasteiger partial charge in [-0.15, -0.1) is 0 Å². The molecule has 0 fully saturated rings. The molecule has 188 valence electrons. The van der Waals surface area contributed by atoms with E-state index in [-0.39, 0.29) is 11.8 Å². The first-order valence-corrected chi connectivity index (χ1v) is 11.5. The number of anilines is 1. The van der Waals surface area contributed by atoms with E-state index >= 15 is 0 Å². The highest BCUT2D eigenvalue weighted by atomic mass is 35.5. The molecule has 3 aromatic rings. The van der Waals surface area contributed by atoms with Gasteiger partial charge >= 0.3 is 6.09 Å². The first-order chi connectivity index (χ1) is 16.4. The van der Waals surface area contributed by atoms with Crippen LogP contribution in [0.25, 0.3) is 16.9 Å². The van der Waals surface area contributed by atoms with Gasteiger partial charge in [-0.2, -0.15) is 0 Å². The number of hydrogen-bond donors (Lipinski definition) is 2. The van der Waals surface area contributed by atoms with Crippen molar-refractivity contribution in [3.8, 4) is 22.8 Å². The Hall–Kier alpha value is -3.46. The summed E-state index contributed by atoms with van der Waals surface area (Å²) >= 11 is 6.31. The summed E-state index contributed by atoms with van der Waals surface area (Å²) in [6.45, 7) is 8.99. The number of nitrogens with zero attached hydrogens (tertiary/aromatic N) is 2. The molecule has 35 heavy (non-hydrogen) atoms. The Bertz CT molecular complexity index is 1230. The lowest BCUT2D eigenvalue weighted by molar-refractivity contribution is -0.119. The van der Waals surface area contributed by atoms with E-state index in [2.05, 4.69) is 15.6 Å². The number of fused-ring (bicyclic) bond motifs is 1. The molecule has 1 atom stereocenters. The van der Waals surface area contributed by atoms with Crippen molar-refractivity contribution in [3.63, 3.8) is 0 Å². The zero-order valence-corrected chi connectivity index (χ0v) is 21.7. The van der Waals surface area contributed by atoms with E-state index < -0.39 is 17.7 Å². The smallest absolute Gasteiger partial charge is 0.408 e. The Kier molecular flexibility index (Phi) is 7.80. The third-order valence-electron chi connectivity index (χ3n) is 5.10. The molecule has 2 N–H and O–H groups in total. The third kappa shape index (κ3) is 6.36. The van der Waals surface area contributed by atoms with Gasteiger partial charge in [0.25, 0.3) is 0 Å². The van der Waals surface area contributed by atoms with Crippen LogP contribution in [0.2, 0.25) is 5.02 Å². The molecule has 9 nitrogen and oxygen atoms in total. The summed E-state index contributed by atoms with van der Waals surface area (Å²) in [5.41, 5.74) is 1.82. The second-order valence-corrected chi connectivity index (χ2v) is 9.76. The monoisotopic (exact) mass is 502 g/mol. The molecule has 0 spiro atoms. The van der Waals surface area contributed by atoms with Crippen LogP contribution in [0.1, 0.15) is 34.6 Å². The lowest BCUT2D eigenvalue weighted by atomic mass is 10.0. The van der Waals surface area contributed by atoms with Crippen molar-refractivity contribution in [3.05, 3.63) is 41.7 Å². The fourth-order valence-electron chi connectivity index (χ4n) is 3.44. The molecule has 0 bridgehead atoms. The summed E-state index contributed by atoms with van der Waals surface area (Å²) in [7, 11) is 3.10. The molecule has 0 saturated heterocycles. The first kappa shape index (κ1) is 26.2. The molecule has 0 aliphatic heterocycles. The van der Waals surface area contributed by atoms with E-state index in [1.807, 2.05) is 24.4 Å². The summed E-state index contributed by atoms with van der Waals surface area (Å²) < 4.78 is 17.9. The number of carbonyl (C=O) groups excluding carboxylic acids is 2. The molecule has 10 heteroatoms. The van der Waals surface area contributed by atoms with E-state index in [4.69, 9.17) is 25.8 Å². The Labute approximate surface area is 209 Å². The fourth-order valence-corrected chi connectivity index (χ4v) is 3.68. The van der Waals surface area contributed by atoms with E-state index in [9.17, 15) is 9.59 Å². The number of carbonyl (C=O) groups is 2. The first-order valence-electron chi connectivity index (χ1n) is 11.1. The minimum atomic E-state index is -0.776. The minimum Gasteiger partial charge on any atom is -0.496 e. The van der Waals surface area contributed by atoms with Gasteiger partial charge in [-0.1, -0.05) is 25.4 Å². The molecule has 0 aliphatic rings. The zero-order valence-electron chi connectivity index (χ0n) is 20.9. The molecule has 2 aromatic heterocycles. The summed E-state index contributed by atoms with van der Waals surface area (Å²) in [5.74, 6) is 0.555. The number of aromatic nitrogens is 2. The van der Waals surface area contributed by atoms with Gasteiger partial charge < -0.3 is 29.2 Å².